The minimum absolute atomic E-state index is 0.0164. The Kier molecular flexibility index (Phi) is 6.34. The third kappa shape index (κ3) is 4.82. The van der Waals surface area contributed by atoms with Crippen LogP contribution in [0.1, 0.15) is 24.1 Å². The molecule has 0 saturated carbocycles. The highest BCUT2D eigenvalue weighted by Gasteiger charge is 2.27. The summed E-state index contributed by atoms with van der Waals surface area (Å²) in [6.45, 7) is 5.61. The van der Waals surface area contributed by atoms with Gasteiger partial charge in [-0.25, -0.2) is 4.98 Å². The standard InChI is InChI=1S/C27H28ClN5O2/c1-17-4-6-19(7-5-17)23-16-25-29-18(2)14-26(33(25)31-23)32-12-10-20(11-13-32)27(34)30-21-8-9-24(35-3)22(28)15-21/h4-9,14-16,20H,10-13H2,1-3H3,(H,30,34). The summed E-state index contributed by atoms with van der Waals surface area (Å²) < 4.78 is 7.10. The number of aromatic nitrogens is 3. The van der Waals surface area contributed by atoms with Crippen molar-refractivity contribution in [1.29, 1.82) is 0 Å². The van der Waals surface area contributed by atoms with Gasteiger partial charge in [-0.3, -0.25) is 4.79 Å². The Hall–Kier alpha value is -3.58. The predicted octanol–water partition coefficient (Wildman–Crippen LogP) is 5.53. The van der Waals surface area contributed by atoms with Gasteiger partial charge in [0.2, 0.25) is 5.91 Å². The summed E-state index contributed by atoms with van der Waals surface area (Å²) in [5.41, 5.74) is 5.63. The van der Waals surface area contributed by atoms with Gasteiger partial charge >= 0.3 is 0 Å². The van der Waals surface area contributed by atoms with Crippen LogP contribution in [0.3, 0.4) is 0 Å². The van der Waals surface area contributed by atoms with Gasteiger partial charge in [-0.15, -0.1) is 0 Å². The molecule has 180 valence electrons. The van der Waals surface area contributed by atoms with E-state index in [1.807, 2.05) is 17.5 Å². The summed E-state index contributed by atoms with van der Waals surface area (Å²) in [4.78, 5) is 19.9. The number of amides is 1. The molecule has 1 amide bonds. The van der Waals surface area contributed by atoms with Gasteiger partial charge in [0, 0.05) is 48.1 Å². The first-order valence-corrected chi connectivity index (χ1v) is 12.1. The average Bonchev–Trinajstić information content (AvgIpc) is 3.28. The number of carbonyl (C=O) groups excluding carboxylic acids is 1. The van der Waals surface area contributed by atoms with E-state index in [1.54, 1.807) is 25.3 Å². The quantitative estimate of drug-likeness (QED) is 0.399. The lowest BCUT2D eigenvalue weighted by molar-refractivity contribution is -0.120. The number of fused-ring (bicyclic) bond motifs is 1. The lowest BCUT2D eigenvalue weighted by Crippen LogP contribution is -2.39. The summed E-state index contributed by atoms with van der Waals surface area (Å²) in [7, 11) is 1.57. The van der Waals surface area contributed by atoms with Crippen LogP contribution in [0.4, 0.5) is 11.5 Å². The van der Waals surface area contributed by atoms with Gasteiger partial charge in [0.05, 0.1) is 17.8 Å². The van der Waals surface area contributed by atoms with Gasteiger partial charge in [-0.2, -0.15) is 9.61 Å². The zero-order valence-electron chi connectivity index (χ0n) is 20.1. The fourth-order valence-corrected chi connectivity index (χ4v) is 4.79. The van der Waals surface area contributed by atoms with Crippen LogP contribution >= 0.6 is 11.6 Å². The number of ether oxygens (including phenoxy) is 1. The zero-order valence-corrected chi connectivity index (χ0v) is 20.8. The summed E-state index contributed by atoms with van der Waals surface area (Å²) in [5, 5.41) is 8.34. The molecule has 2 aromatic carbocycles. The number of nitrogens with zero attached hydrogens (tertiary/aromatic N) is 4. The van der Waals surface area contributed by atoms with Crippen LogP contribution < -0.4 is 15.0 Å². The Morgan fingerprint density at radius 2 is 1.80 bits per heavy atom. The molecule has 1 N–H and O–H groups in total. The molecule has 5 rings (SSSR count). The summed E-state index contributed by atoms with van der Waals surface area (Å²) in [6, 6.07) is 17.7. The molecule has 1 aliphatic heterocycles. The molecule has 7 nitrogen and oxygen atoms in total. The van der Waals surface area contributed by atoms with Crippen molar-refractivity contribution in [2.75, 3.05) is 30.4 Å². The van der Waals surface area contributed by atoms with Crippen LogP contribution in [-0.4, -0.2) is 40.7 Å². The van der Waals surface area contributed by atoms with Gasteiger partial charge in [-0.05, 0) is 44.9 Å². The molecule has 1 fully saturated rings. The average molecular weight is 490 g/mol. The van der Waals surface area contributed by atoms with Crippen molar-refractivity contribution >= 4 is 34.7 Å². The Morgan fingerprint density at radius 3 is 2.49 bits per heavy atom. The number of carbonyl (C=O) groups is 1. The van der Waals surface area contributed by atoms with Crippen molar-refractivity contribution in [1.82, 2.24) is 14.6 Å². The van der Waals surface area contributed by atoms with Crippen molar-refractivity contribution in [3.63, 3.8) is 0 Å². The topological polar surface area (TPSA) is 71.8 Å². The number of hydrogen-bond donors (Lipinski definition) is 1. The summed E-state index contributed by atoms with van der Waals surface area (Å²) in [5.74, 6) is 1.54. The van der Waals surface area contributed by atoms with Crippen molar-refractivity contribution in [3.8, 4) is 17.0 Å². The van der Waals surface area contributed by atoms with E-state index in [1.165, 1.54) is 5.56 Å². The van der Waals surface area contributed by atoms with Crippen molar-refractivity contribution in [3.05, 3.63) is 70.9 Å². The number of methoxy groups -OCH3 is 1. The number of anilines is 2. The highest BCUT2D eigenvalue weighted by Crippen LogP contribution is 2.30. The molecule has 3 heterocycles. The molecule has 0 atom stereocenters. The largest absolute Gasteiger partial charge is 0.495 e. The molecule has 0 spiro atoms. The third-order valence-electron chi connectivity index (χ3n) is 6.49. The lowest BCUT2D eigenvalue weighted by Gasteiger charge is -2.33. The maximum absolute atomic E-state index is 12.9. The molecule has 2 aromatic heterocycles. The monoisotopic (exact) mass is 489 g/mol. The van der Waals surface area contributed by atoms with Crippen LogP contribution in [0.15, 0.2) is 54.6 Å². The number of hydrogen-bond acceptors (Lipinski definition) is 5. The second-order valence-electron chi connectivity index (χ2n) is 9.02. The molecule has 0 aliphatic carbocycles. The number of halogens is 1. The molecular formula is C27H28ClN5O2. The van der Waals surface area contributed by atoms with Crippen molar-refractivity contribution < 1.29 is 9.53 Å². The Balaban J connectivity index is 1.31. The lowest BCUT2D eigenvalue weighted by atomic mass is 9.95. The van der Waals surface area contributed by atoms with Crippen LogP contribution in [0.25, 0.3) is 16.9 Å². The van der Waals surface area contributed by atoms with E-state index in [2.05, 4.69) is 47.5 Å². The molecule has 8 heteroatoms. The number of piperidine rings is 1. The van der Waals surface area contributed by atoms with E-state index in [-0.39, 0.29) is 11.8 Å². The van der Waals surface area contributed by atoms with E-state index in [4.69, 9.17) is 26.4 Å². The second-order valence-corrected chi connectivity index (χ2v) is 9.43. The van der Waals surface area contributed by atoms with Gasteiger partial charge in [0.25, 0.3) is 0 Å². The maximum Gasteiger partial charge on any atom is 0.227 e. The predicted molar refractivity (Wildman–Crippen MR) is 139 cm³/mol. The van der Waals surface area contributed by atoms with Gasteiger partial charge < -0.3 is 15.0 Å². The van der Waals surface area contributed by atoms with E-state index in [0.717, 1.165) is 54.3 Å². The highest BCUT2D eigenvalue weighted by molar-refractivity contribution is 6.32. The van der Waals surface area contributed by atoms with Crippen LogP contribution in [0.2, 0.25) is 5.02 Å². The van der Waals surface area contributed by atoms with E-state index in [0.29, 0.717) is 16.5 Å². The minimum Gasteiger partial charge on any atom is -0.495 e. The molecular weight excluding hydrogens is 462 g/mol. The second kappa shape index (κ2) is 9.58. The number of rotatable bonds is 5. The molecule has 0 bridgehead atoms. The molecule has 4 aromatic rings. The molecule has 35 heavy (non-hydrogen) atoms. The van der Waals surface area contributed by atoms with Gasteiger partial charge in [0.15, 0.2) is 5.65 Å². The smallest absolute Gasteiger partial charge is 0.227 e. The summed E-state index contributed by atoms with van der Waals surface area (Å²) >= 11 is 6.20. The molecule has 1 aliphatic rings. The third-order valence-corrected chi connectivity index (χ3v) is 6.79. The zero-order chi connectivity index (χ0) is 24.5. The molecule has 0 radical (unpaired) electrons. The van der Waals surface area contributed by atoms with E-state index >= 15 is 0 Å². The normalized spacial score (nSPS) is 14.3. The van der Waals surface area contributed by atoms with Crippen LogP contribution in [0.5, 0.6) is 5.75 Å². The fraction of sp³-hybridized carbons (Fsp3) is 0.296. The number of benzene rings is 2. The SMILES string of the molecule is COc1ccc(NC(=O)C2CCN(c3cc(C)nc4cc(-c5ccc(C)cc5)nn34)CC2)cc1Cl. The van der Waals surface area contributed by atoms with Crippen molar-refractivity contribution in [2.24, 2.45) is 5.92 Å². The number of nitrogens with one attached hydrogen (secondary N) is 1. The van der Waals surface area contributed by atoms with Crippen molar-refractivity contribution in [2.45, 2.75) is 26.7 Å². The maximum atomic E-state index is 12.9. The first kappa shape index (κ1) is 23.2. The minimum atomic E-state index is -0.0636. The van der Waals surface area contributed by atoms with Gasteiger partial charge in [-0.1, -0.05) is 41.4 Å². The Labute approximate surface area is 209 Å². The van der Waals surface area contributed by atoms with Crippen LogP contribution in [0, 0.1) is 19.8 Å². The van der Waals surface area contributed by atoms with Crippen LogP contribution in [-0.2, 0) is 4.79 Å². The van der Waals surface area contributed by atoms with E-state index < -0.39 is 0 Å². The first-order chi connectivity index (χ1) is 16.9. The molecule has 0 unspecified atom stereocenters. The van der Waals surface area contributed by atoms with Gasteiger partial charge in [0.1, 0.15) is 11.6 Å². The molecule has 1 saturated heterocycles. The first-order valence-electron chi connectivity index (χ1n) is 11.7. The highest BCUT2D eigenvalue weighted by atomic mass is 35.5. The number of aryl methyl sites for hydroxylation is 2. The fourth-order valence-electron chi connectivity index (χ4n) is 4.53. The Morgan fingerprint density at radius 1 is 1.06 bits per heavy atom. The van der Waals surface area contributed by atoms with E-state index in [9.17, 15) is 4.79 Å². The Bertz CT molecular complexity index is 1370. The summed E-state index contributed by atoms with van der Waals surface area (Å²) in [6.07, 6.45) is 1.51.